The second-order valence-electron chi connectivity index (χ2n) is 4.95. The first-order valence-electron chi connectivity index (χ1n) is 6.28. The highest BCUT2D eigenvalue weighted by Gasteiger charge is 2.15. The lowest BCUT2D eigenvalue weighted by atomic mass is 10.0. The molecule has 1 aromatic rings. The number of ether oxygens (including phenoxy) is 1. The smallest absolute Gasteiger partial charge is 0.115 e. The van der Waals surface area contributed by atoms with Crippen LogP contribution in [0.5, 0.6) is 5.75 Å². The van der Waals surface area contributed by atoms with Crippen molar-refractivity contribution in [2.45, 2.75) is 19.4 Å². The summed E-state index contributed by atoms with van der Waals surface area (Å²) < 4.78 is 5.49. The van der Waals surface area contributed by atoms with Gasteiger partial charge >= 0.3 is 0 Å². The Hall–Kier alpha value is -1.06. The number of rotatable bonds is 4. The molecule has 0 radical (unpaired) electrons. The van der Waals surface area contributed by atoms with E-state index in [9.17, 15) is 5.11 Å². The van der Waals surface area contributed by atoms with Gasteiger partial charge in [-0.15, -0.1) is 0 Å². The largest absolute Gasteiger partial charge is 0.508 e. The fourth-order valence-corrected chi connectivity index (χ4v) is 2.42. The van der Waals surface area contributed by atoms with Crippen LogP contribution < -0.4 is 0 Å². The molecule has 0 saturated carbocycles. The summed E-state index contributed by atoms with van der Waals surface area (Å²) in [6.07, 6.45) is 2.45. The van der Waals surface area contributed by atoms with Crippen LogP contribution in [0.4, 0.5) is 0 Å². The average molecular weight is 235 g/mol. The van der Waals surface area contributed by atoms with E-state index in [4.69, 9.17) is 4.74 Å². The van der Waals surface area contributed by atoms with E-state index in [1.54, 1.807) is 6.07 Å². The van der Waals surface area contributed by atoms with Gasteiger partial charge in [0, 0.05) is 19.7 Å². The number of aromatic hydroxyl groups is 1. The van der Waals surface area contributed by atoms with Gasteiger partial charge in [-0.2, -0.15) is 0 Å². The van der Waals surface area contributed by atoms with Gasteiger partial charge in [0.05, 0.1) is 6.61 Å². The molecule has 1 aliphatic heterocycles. The highest BCUT2D eigenvalue weighted by atomic mass is 16.5. The van der Waals surface area contributed by atoms with Gasteiger partial charge in [0.1, 0.15) is 5.75 Å². The Morgan fingerprint density at radius 1 is 1.47 bits per heavy atom. The van der Waals surface area contributed by atoms with Crippen LogP contribution in [0.25, 0.3) is 0 Å². The molecule has 1 heterocycles. The first-order chi connectivity index (χ1) is 8.24. The van der Waals surface area contributed by atoms with Crippen molar-refractivity contribution < 1.29 is 9.84 Å². The zero-order valence-electron chi connectivity index (χ0n) is 10.4. The molecular formula is C14H21NO2. The van der Waals surface area contributed by atoms with Crippen molar-refractivity contribution in [2.24, 2.45) is 5.92 Å². The van der Waals surface area contributed by atoms with E-state index >= 15 is 0 Å². The van der Waals surface area contributed by atoms with Crippen molar-refractivity contribution in [1.29, 1.82) is 0 Å². The summed E-state index contributed by atoms with van der Waals surface area (Å²) in [5.74, 6) is 1.00. The molecule has 1 aliphatic rings. The number of benzene rings is 1. The van der Waals surface area contributed by atoms with Gasteiger partial charge in [0.15, 0.2) is 0 Å². The van der Waals surface area contributed by atoms with Crippen molar-refractivity contribution >= 4 is 0 Å². The summed E-state index contributed by atoms with van der Waals surface area (Å²) in [5, 5.41) is 9.41. The summed E-state index contributed by atoms with van der Waals surface area (Å²) in [6, 6.07) is 7.47. The van der Waals surface area contributed by atoms with Crippen LogP contribution in [-0.2, 0) is 11.3 Å². The molecule has 0 bridgehead atoms. The van der Waals surface area contributed by atoms with E-state index in [0.717, 1.165) is 31.9 Å². The van der Waals surface area contributed by atoms with Gasteiger partial charge < -0.3 is 14.7 Å². The van der Waals surface area contributed by atoms with Gasteiger partial charge in [0.25, 0.3) is 0 Å². The Bertz CT molecular complexity index is 348. The van der Waals surface area contributed by atoms with Crippen molar-refractivity contribution in [1.82, 2.24) is 4.90 Å². The van der Waals surface area contributed by atoms with Crippen LogP contribution in [0.15, 0.2) is 24.3 Å². The third-order valence-electron chi connectivity index (χ3n) is 3.19. The molecule has 94 valence electrons. The highest BCUT2D eigenvalue weighted by Crippen LogP contribution is 2.17. The molecule has 0 aromatic heterocycles. The van der Waals surface area contributed by atoms with Gasteiger partial charge in [-0.25, -0.2) is 0 Å². The lowest BCUT2D eigenvalue weighted by Gasteiger charge is -2.27. The number of phenolic OH excluding ortho intramolecular Hbond substituents is 1. The van der Waals surface area contributed by atoms with Crippen molar-refractivity contribution in [3.63, 3.8) is 0 Å². The minimum Gasteiger partial charge on any atom is -0.508 e. The monoisotopic (exact) mass is 235 g/mol. The van der Waals surface area contributed by atoms with Gasteiger partial charge in [-0.1, -0.05) is 12.1 Å². The molecule has 1 N–H and O–H groups in total. The maximum Gasteiger partial charge on any atom is 0.115 e. The maximum atomic E-state index is 9.41. The second-order valence-corrected chi connectivity index (χ2v) is 4.95. The first kappa shape index (κ1) is 12.4. The standard InChI is InChI=1S/C14H21NO2/c1-15(10-13-5-3-7-17-11-13)9-12-4-2-6-14(16)8-12/h2,4,6,8,13,16H,3,5,7,9-11H2,1H3. The molecule has 1 unspecified atom stereocenters. The number of hydrogen-bond acceptors (Lipinski definition) is 3. The SMILES string of the molecule is CN(Cc1cccc(O)c1)CC1CCCOC1. The number of nitrogens with zero attached hydrogens (tertiary/aromatic N) is 1. The van der Waals surface area contributed by atoms with Crippen molar-refractivity contribution in [3.8, 4) is 5.75 Å². The fraction of sp³-hybridized carbons (Fsp3) is 0.571. The predicted octanol–water partition coefficient (Wildman–Crippen LogP) is 2.25. The van der Waals surface area contributed by atoms with Crippen LogP contribution in [-0.4, -0.2) is 36.8 Å². The lowest BCUT2D eigenvalue weighted by molar-refractivity contribution is 0.0411. The minimum atomic E-state index is 0.344. The topological polar surface area (TPSA) is 32.7 Å². The highest BCUT2D eigenvalue weighted by molar-refractivity contribution is 5.26. The fourth-order valence-electron chi connectivity index (χ4n) is 2.42. The molecule has 1 aromatic carbocycles. The normalized spacial score (nSPS) is 20.7. The van der Waals surface area contributed by atoms with Crippen LogP contribution in [0, 0.1) is 5.92 Å². The third kappa shape index (κ3) is 4.02. The van der Waals surface area contributed by atoms with E-state index < -0.39 is 0 Å². The quantitative estimate of drug-likeness (QED) is 0.869. The molecule has 1 atom stereocenters. The Balaban J connectivity index is 1.82. The minimum absolute atomic E-state index is 0.344. The second kappa shape index (κ2) is 6.03. The summed E-state index contributed by atoms with van der Waals surface area (Å²) in [7, 11) is 2.12. The molecule has 3 heteroatoms. The molecule has 1 saturated heterocycles. The number of phenols is 1. The molecular weight excluding hydrogens is 214 g/mol. The summed E-state index contributed by atoms with van der Waals surface area (Å²) >= 11 is 0. The predicted molar refractivity (Wildman–Crippen MR) is 68.0 cm³/mol. The van der Waals surface area contributed by atoms with Crippen molar-refractivity contribution in [3.05, 3.63) is 29.8 Å². The number of hydrogen-bond donors (Lipinski definition) is 1. The molecule has 3 nitrogen and oxygen atoms in total. The maximum absolute atomic E-state index is 9.41. The summed E-state index contributed by atoms with van der Waals surface area (Å²) in [5.41, 5.74) is 1.16. The molecule has 0 amide bonds. The van der Waals surface area contributed by atoms with E-state index in [-0.39, 0.29) is 0 Å². The Morgan fingerprint density at radius 3 is 3.06 bits per heavy atom. The van der Waals surface area contributed by atoms with Crippen LogP contribution >= 0.6 is 0 Å². The van der Waals surface area contributed by atoms with Gasteiger partial charge in [-0.05, 0) is 43.5 Å². The third-order valence-corrected chi connectivity index (χ3v) is 3.19. The lowest BCUT2D eigenvalue weighted by Crippen LogP contribution is -2.30. The van der Waals surface area contributed by atoms with E-state index in [1.165, 1.54) is 12.8 Å². The van der Waals surface area contributed by atoms with E-state index in [0.29, 0.717) is 11.7 Å². The van der Waals surface area contributed by atoms with Gasteiger partial charge in [-0.3, -0.25) is 0 Å². The Labute approximate surface area is 103 Å². The Morgan fingerprint density at radius 2 is 2.35 bits per heavy atom. The molecule has 0 aliphatic carbocycles. The van der Waals surface area contributed by atoms with Gasteiger partial charge in [0.2, 0.25) is 0 Å². The van der Waals surface area contributed by atoms with E-state index in [2.05, 4.69) is 11.9 Å². The average Bonchev–Trinajstić information content (AvgIpc) is 2.30. The molecule has 2 rings (SSSR count). The van der Waals surface area contributed by atoms with Crippen LogP contribution in [0.2, 0.25) is 0 Å². The van der Waals surface area contributed by atoms with Crippen LogP contribution in [0.3, 0.4) is 0 Å². The van der Waals surface area contributed by atoms with E-state index in [1.807, 2.05) is 18.2 Å². The summed E-state index contributed by atoms with van der Waals surface area (Å²) in [4.78, 5) is 2.30. The molecule has 0 spiro atoms. The zero-order chi connectivity index (χ0) is 12.1. The molecule has 17 heavy (non-hydrogen) atoms. The summed E-state index contributed by atoms with van der Waals surface area (Å²) in [6.45, 7) is 3.76. The molecule has 1 fully saturated rings. The zero-order valence-corrected chi connectivity index (χ0v) is 10.4. The van der Waals surface area contributed by atoms with Crippen molar-refractivity contribution in [2.75, 3.05) is 26.8 Å². The Kier molecular flexibility index (Phi) is 4.40. The van der Waals surface area contributed by atoms with Crippen LogP contribution in [0.1, 0.15) is 18.4 Å². The first-order valence-corrected chi connectivity index (χ1v) is 6.28.